The van der Waals surface area contributed by atoms with Gasteiger partial charge in [-0.1, -0.05) is 24.4 Å². The Morgan fingerprint density at radius 2 is 1.50 bits per heavy atom. The monoisotopic (exact) mass is 392 g/mol. The predicted octanol–water partition coefficient (Wildman–Crippen LogP) is 3.60. The molecule has 0 saturated carbocycles. The highest BCUT2D eigenvalue weighted by Gasteiger charge is 2.18. The fourth-order valence-corrected chi connectivity index (χ4v) is 4.25. The summed E-state index contributed by atoms with van der Waals surface area (Å²) >= 11 is 5.88. The smallest absolute Gasteiger partial charge is 0.239 e. The lowest BCUT2D eigenvalue weighted by Crippen LogP contribution is -2.23. The third-order valence-corrected chi connectivity index (χ3v) is 5.99. The van der Waals surface area contributed by atoms with E-state index in [1.54, 1.807) is 12.1 Å². The molecule has 0 bridgehead atoms. The molecule has 0 amide bonds. The molecule has 1 saturated heterocycles. The van der Waals surface area contributed by atoms with Gasteiger partial charge in [-0.2, -0.15) is 0 Å². The molecule has 0 aliphatic carbocycles. The molecule has 1 fully saturated rings. The van der Waals surface area contributed by atoms with Gasteiger partial charge in [-0.3, -0.25) is 4.79 Å². The maximum Gasteiger partial charge on any atom is 0.239 e. The highest BCUT2D eigenvalue weighted by atomic mass is 35.5. The lowest BCUT2D eigenvalue weighted by atomic mass is 10.0. The first-order chi connectivity index (χ1) is 12.4. The number of carbonyl (C=O) groups excluding carboxylic acids is 1. The number of nitrogens with two attached hydrogens (primary N) is 1. The maximum atomic E-state index is 12.7. The lowest BCUT2D eigenvalue weighted by molar-refractivity contribution is 0.103. The first-order valence-corrected chi connectivity index (χ1v) is 10.5. The van der Waals surface area contributed by atoms with Crippen molar-refractivity contribution in [3.8, 4) is 0 Å². The van der Waals surface area contributed by atoms with Crippen LogP contribution >= 0.6 is 11.6 Å². The number of ketones is 1. The van der Waals surface area contributed by atoms with E-state index in [4.69, 9.17) is 16.7 Å². The van der Waals surface area contributed by atoms with E-state index in [0.717, 1.165) is 18.8 Å². The largest absolute Gasteiger partial charge is 0.372 e. The van der Waals surface area contributed by atoms with Crippen LogP contribution in [0.4, 0.5) is 5.69 Å². The number of carbonyl (C=O) groups is 1. The second kappa shape index (κ2) is 7.78. The molecule has 0 spiro atoms. The summed E-state index contributed by atoms with van der Waals surface area (Å²) in [7, 11) is -3.99. The quantitative estimate of drug-likeness (QED) is 0.806. The number of hydrogen-bond donors (Lipinski definition) is 1. The van der Waals surface area contributed by atoms with E-state index >= 15 is 0 Å². The van der Waals surface area contributed by atoms with E-state index in [2.05, 4.69) is 4.90 Å². The molecule has 2 N–H and O–H groups in total. The molecule has 2 aromatic rings. The van der Waals surface area contributed by atoms with Crippen molar-refractivity contribution in [2.45, 2.75) is 30.6 Å². The van der Waals surface area contributed by atoms with Crippen LogP contribution in [0.2, 0.25) is 5.02 Å². The summed E-state index contributed by atoms with van der Waals surface area (Å²) in [5, 5.41) is 5.15. The van der Waals surface area contributed by atoms with Gasteiger partial charge < -0.3 is 4.90 Å². The van der Waals surface area contributed by atoms with Gasteiger partial charge in [0.2, 0.25) is 10.0 Å². The van der Waals surface area contributed by atoms with Crippen LogP contribution in [-0.4, -0.2) is 27.3 Å². The number of nitrogens with zero attached hydrogens (tertiary/aromatic N) is 1. The Bertz CT molecular complexity index is 903. The Kier molecular flexibility index (Phi) is 5.65. The van der Waals surface area contributed by atoms with Gasteiger partial charge in [0.1, 0.15) is 4.90 Å². The van der Waals surface area contributed by atoms with E-state index in [9.17, 15) is 13.2 Å². The molecule has 0 radical (unpaired) electrons. The number of hydrogen-bond acceptors (Lipinski definition) is 4. The first kappa shape index (κ1) is 18.9. The zero-order chi connectivity index (χ0) is 18.7. The van der Waals surface area contributed by atoms with Crippen LogP contribution in [0.5, 0.6) is 0 Å². The molecule has 1 heterocycles. The fourth-order valence-electron chi connectivity index (χ4n) is 3.18. The zero-order valence-electron chi connectivity index (χ0n) is 14.3. The Morgan fingerprint density at radius 3 is 2.08 bits per heavy atom. The molecule has 5 nitrogen and oxygen atoms in total. The summed E-state index contributed by atoms with van der Waals surface area (Å²) in [6.45, 7) is 2.06. The third kappa shape index (κ3) is 4.26. The molecule has 0 atom stereocenters. The van der Waals surface area contributed by atoms with Crippen LogP contribution in [0.3, 0.4) is 0 Å². The van der Waals surface area contributed by atoms with E-state index < -0.39 is 10.0 Å². The summed E-state index contributed by atoms with van der Waals surface area (Å²) in [5.74, 6) is -0.269. The van der Waals surface area contributed by atoms with E-state index in [1.165, 1.54) is 43.9 Å². The SMILES string of the molecule is NS(=O)(=O)c1cc(C(=O)c2ccc(N3CCCCCC3)cc2)ccc1Cl. The molecule has 3 rings (SSSR count). The van der Waals surface area contributed by atoms with Crippen molar-refractivity contribution in [3.05, 3.63) is 58.6 Å². The summed E-state index contributed by atoms with van der Waals surface area (Å²) in [6, 6.07) is 11.5. The number of sulfonamides is 1. The Morgan fingerprint density at radius 1 is 0.923 bits per heavy atom. The molecule has 1 aliphatic rings. The third-order valence-electron chi connectivity index (χ3n) is 4.60. The van der Waals surface area contributed by atoms with Crippen LogP contribution < -0.4 is 10.0 Å². The van der Waals surface area contributed by atoms with Crippen LogP contribution in [0, 0.1) is 0 Å². The average molecular weight is 393 g/mol. The molecule has 2 aromatic carbocycles. The highest BCUT2D eigenvalue weighted by Crippen LogP contribution is 2.24. The van der Waals surface area contributed by atoms with Gasteiger partial charge in [0.15, 0.2) is 5.78 Å². The molecular weight excluding hydrogens is 372 g/mol. The van der Waals surface area contributed by atoms with Crippen LogP contribution in [-0.2, 0) is 10.0 Å². The van der Waals surface area contributed by atoms with Gasteiger partial charge in [0.05, 0.1) is 5.02 Å². The molecule has 7 heteroatoms. The van der Waals surface area contributed by atoms with Crippen molar-refractivity contribution < 1.29 is 13.2 Å². The number of anilines is 1. The van der Waals surface area contributed by atoms with Crippen molar-refractivity contribution in [1.82, 2.24) is 0 Å². The highest BCUT2D eigenvalue weighted by molar-refractivity contribution is 7.89. The Balaban J connectivity index is 1.84. The van der Waals surface area contributed by atoms with Crippen molar-refractivity contribution in [1.29, 1.82) is 0 Å². The predicted molar refractivity (Wildman–Crippen MR) is 103 cm³/mol. The van der Waals surface area contributed by atoms with Gasteiger partial charge in [-0.15, -0.1) is 0 Å². The molecule has 0 aromatic heterocycles. The lowest BCUT2D eigenvalue weighted by Gasteiger charge is -2.22. The second-order valence-corrected chi connectivity index (χ2v) is 8.40. The van der Waals surface area contributed by atoms with Gasteiger partial charge in [-0.05, 0) is 55.3 Å². The Labute approximate surface area is 158 Å². The first-order valence-electron chi connectivity index (χ1n) is 8.58. The van der Waals surface area contributed by atoms with Crippen molar-refractivity contribution >= 4 is 33.1 Å². The minimum Gasteiger partial charge on any atom is -0.372 e. The summed E-state index contributed by atoms with van der Waals surface area (Å²) in [4.78, 5) is 14.8. The number of rotatable bonds is 4. The van der Waals surface area contributed by atoms with Gasteiger partial charge in [-0.25, -0.2) is 13.6 Å². The van der Waals surface area contributed by atoms with Gasteiger partial charge in [0, 0.05) is 29.9 Å². The van der Waals surface area contributed by atoms with Crippen LogP contribution in [0.15, 0.2) is 47.4 Å². The molecule has 1 aliphatic heterocycles. The standard InChI is InChI=1S/C19H21ClN2O3S/c20-17-10-7-15(13-18(17)26(21,24)25)19(23)14-5-8-16(9-6-14)22-11-3-1-2-4-12-22/h5-10,13H,1-4,11-12H2,(H2,21,24,25). The minimum absolute atomic E-state index is 0.000520. The molecular formula is C19H21ClN2O3S. The number of halogens is 1. The van der Waals surface area contributed by atoms with Crippen molar-refractivity contribution in [2.75, 3.05) is 18.0 Å². The summed E-state index contributed by atoms with van der Waals surface area (Å²) < 4.78 is 23.2. The molecule has 0 unspecified atom stereocenters. The molecule has 26 heavy (non-hydrogen) atoms. The zero-order valence-corrected chi connectivity index (χ0v) is 15.9. The van der Waals surface area contributed by atoms with Gasteiger partial charge in [0.25, 0.3) is 0 Å². The average Bonchev–Trinajstić information content (AvgIpc) is 2.90. The normalized spacial score (nSPS) is 15.5. The summed E-state index contributed by atoms with van der Waals surface area (Å²) in [6.07, 6.45) is 4.88. The van der Waals surface area contributed by atoms with Crippen LogP contribution in [0.25, 0.3) is 0 Å². The second-order valence-electron chi connectivity index (χ2n) is 6.47. The molecule has 138 valence electrons. The van der Waals surface area contributed by atoms with E-state index in [0.29, 0.717) is 5.56 Å². The maximum absolute atomic E-state index is 12.7. The Hall–Kier alpha value is -1.89. The van der Waals surface area contributed by atoms with Crippen LogP contribution in [0.1, 0.15) is 41.6 Å². The van der Waals surface area contributed by atoms with Crippen molar-refractivity contribution in [2.24, 2.45) is 5.14 Å². The number of primary sulfonamides is 1. The van der Waals surface area contributed by atoms with Crippen molar-refractivity contribution in [3.63, 3.8) is 0 Å². The fraction of sp³-hybridized carbons (Fsp3) is 0.316. The van der Waals surface area contributed by atoms with Gasteiger partial charge >= 0.3 is 0 Å². The minimum atomic E-state index is -3.99. The topological polar surface area (TPSA) is 80.5 Å². The van der Waals surface area contributed by atoms with E-state index in [-0.39, 0.29) is 21.3 Å². The van der Waals surface area contributed by atoms with E-state index in [1.807, 2.05) is 12.1 Å². The summed E-state index contributed by atoms with van der Waals surface area (Å²) in [5.41, 5.74) is 1.83. The number of benzene rings is 2.